The van der Waals surface area contributed by atoms with E-state index in [1.54, 1.807) is 19.1 Å². The molecule has 1 aromatic rings. The predicted molar refractivity (Wildman–Crippen MR) is 85.6 cm³/mol. The zero-order valence-corrected chi connectivity index (χ0v) is 15.3. The molecular weight excluding hydrogens is 426 g/mol. The number of hydrogen-bond acceptors (Lipinski definition) is 3. The Balaban J connectivity index is 2.55. The van der Waals surface area contributed by atoms with Crippen molar-refractivity contribution in [2.45, 2.75) is 36.6 Å². The Labute approximate surface area is 140 Å². The number of sulfonamides is 1. The molecule has 1 unspecified atom stereocenters. The molecule has 1 N–H and O–H groups in total. The van der Waals surface area contributed by atoms with Crippen molar-refractivity contribution in [1.82, 2.24) is 4.31 Å². The van der Waals surface area contributed by atoms with Crippen LogP contribution in [0.4, 0.5) is 0 Å². The fourth-order valence-electron chi connectivity index (χ4n) is 2.73. The summed E-state index contributed by atoms with van der Waals surface area (Å²) in [5.74, 6) is -1.08. The molecule has 0 aliphatic carbocycles. The second-order valence-corrected chi connectivity index (χ2v) is 8.55. The zero-order chi connectivity index (χ0) is 15.8. The first kappa shape index (κ1) is 16.9. The van der Waals surface area contributed by atoms with E-state index < -0.39 is 21.5 Å². The molecule has 1 aliphatic heterocycles. The number of carboxylic acids is 1. The topological polar surface area (TPSA) is 74.7 Å². The molecule has 5 nitrogen and oxygen atoms in total. The van der Waals surface area contributed by atoms with Crippen LogP contribution in [0.3, 0.4) is 0 Å². The summed E-state index contributed by atoms with van der Waals surface area (Å²) in [6.07, 6.45) is 1.13. The number of rotatable bonds is 4. The Morgan fingerprint density at radius 3 is 2.62 bits per heavy atom. The second kappa shape index (κ2) is 5.98. The molecule has 1 atom stereocenters. The highest BCUT2D eigenvalue weighted by molar-refractivity contribution is 9.11. The van der Waals surface area contributed by atoms with Gasteiger partial charge in [0.25, 0.3) is 0 Å². The van der Waals surface area contributed by atoms with Gasteiger partial charge in [-0.3, -0.25) is 4.79 Å². The number of aliphatic carboxylic acids is 1. The maximum atomic E-state index is 12.9. The Kier molecular flexibility index (Phi) is 4.82. The Bertz CT molecular complexity index is 677. The molecule has 1 aromatic carbocycles. The minimum absolute atomic E-state index is 0.0895. The van der Waals surface area contributed by atoms with E-state index in [0.29, 0.717) is 17.3 Å². The van der Waals surface area contributed by atoms with Gasteiger partial charge < -0.3 is 5.11 Å². The van der Waals surface area contributed by atoms with Crippen molar-refractivity contribution in [3.63, 3.8) is 0 Å². The van der Waals surface area contributed by atoms with Crippen LogP contribution in [0, 0.1) is 0 Å². The maximum Gasteiger partial charge on any atom is 0.325 e. The lowest BCUT2D eigenvalue weighted by molar-refractivity contribution is -0.147. The van der Waals surface area contributed by atoms with Crippen molar-refractivity contribution in [3.8, 4) is 0 Å². The standard InChI is InChI=1S/C13H15Br2NO4S/c1-2-13(12(17)18)6-3-7-16(13)21(19,20)11-5-4-9(14)8-10(11)15/h4-5,8H,2-3,6-7H2,1H3,(H,17,18). The number of carbonyl (C=O) groups is 1. The molecule has 0 bridgehead atoms. The van der Waals surface area contributed by atoms with E-state index in [2.05, 4.69) is 31.9 Å². The lowest BCUT2D eigenvalue weighted by Crippen LogP contribution is -2.52. The van der Waals surface area contributed by atoms with Gasteiger partial charge in [-0.05, 0) is 53.4 Å². The molecule has 0 aromatic heterocycles. The molecule has 2 rings (SSSR count). The third-order valence-electron chi connectivity index (χ3n) is 3.87. The summed E-state index contributed by atoms with van der Waals surface area (Å²) in [4.78, 5) is 11.7. The smallest absolute Gasteiger partial charge is 0.325 e. The summed E-state index contributed by atoms with van der Waals surface area (Å²) in [5.41, 5.74) is -1.34. The van der Waals surface area contributed by atoms with Crippen molar-refractivity contribution >= 4 is 47.9 Å². The number of hydrogen-bond donors (Lipinski definition) is 1. The minimum Gasteiger partial charge on any atom is -0.480 e. The molecule has 1 heterocycles. The van der Waals surface area contributed by atoms with Gasteiger partial charge in [0.05, 0.1) is 4.90 Å². The van der Waals surface area contributed by atoms with Gasteiger partial charge in [0.2, 0.25) is 10.0 Å². The van der Waals surface area contributed by atoms with E-state index in [0.717, 1.165) is 8.78 Å². The molecule has 0 spiro atoms. The van der Waals surface area contributed by atoms with Gasteiger partial charge in [0, 0.05) is 15.5 Å². The molecule has 8 heteroatoms. The zero-order valence-electron chi connectivity index (χ0n) is 11.3. The van der Waals surface area contributed by atoms with Crippen LogP contribution in [0.5, 0.6) is 0 Å². The molecule has 1 saturated heterocycles. The predicted octanol–water partition coefficient (Wildman–Crippen LogP) is 3.23. The highest BCUT2D eigenvalue weighted by Crippen LogP contribution is 2.39. The fraction of sp³-hybridized carbons (Fsp3) is 0.462. The van der Waals surface area contributed by atoms with Crippen LogP contribution in [-0.4, -0.2) is 35.9 Å². The van der Waals surface area contributed by atoms with E-state index in [9.17, 15) is 18.3 Å². The Morgan fingerprint density at radius 2 is 2.10 bits per heavy atom. The van der Waals surface area contributed by atoms with Crippen molar-refractivity contribution in [3.05, 3.63) is 27.1 Å². The molecule has 0 saturated carbocycles. The molecule has 1 fully saturated rings. The summed E-state index contributed by atoms with van der Waals surface area (Å²) in [7, 11) is -3.87. The third kappa shape index (κ3) is 2.78. The van der Waals surface area contributed by atoms with E-state index >= 15 is 0 Å². The van der Waals surface area contributed by atoms with Crippen LogP contribution in [0.15, 0.2) is 32.0 Å². The molecule has 0 amide bonds. The van der Waals surface area contributed by atoms with Crippen LogP contribution in [0.25, 0.3) is 0 Å². The highest BCUT2D eigenvalue weighted by Gasteiger charge is 2.52. The highest BCUT2D eigenvalue weighted by atomic mass is 79.9. The first-order chi connectivity index (χ1) is 9.75. The van der Waals surface area contributed by atoms with Gasteiger partial charge >= 0.3 is 5.97 Å². The van der Waals surface area contributed by atoms with Crippen LogP contribution < -0.4 is 0 Å². The monoisotopic (exact) mass is 439 g/mol. The lowest BCUT2D eigenvalue weighted by atomic mass is 9.95. The van der Waals surface area contributed by atoms with Gasteiger partial charge in [-0.1, -0.05) is 22.9 Å². The van der Waals surface area contributed by atoms with Crippen molar-refractivity contribution in [2.24, 2.45) is 0 Å². The largest absolute Gasteiger partial charge is 0.480 e. The summed E-state index contributed by atoms with van der Waals surface area (Å²) in [6.45, 7) is 1.93. The van der Waals surface area contributed by atoms with Crippen LogP contribution in [0.2, 0.25) is 0 Å². The number of halogens is 2. The molecule has 1 aliphatic rings. The first-order valence-electron chi connectivity index (χ1n) is 6.47. The fourth-order valence-corrected chi connectivity index (χ4v) is 6.30. The average molecular weight is 441 g/mol. The number of benzene rings is 1. The van der Waals surface area contributed by atoms with Gasteiger partial charge in [-0.25, -0.2) is 8.42 Å². The first-order valence-corrected chi connectivity index (χ1v) is 9.49. The summed E-state index contributed by atoms with van der Waals surface area (Å²) in [5, 5.41) is 9.53. The van der Waals surface area contributed by atoms with E-state index in [4.69, 9.17) is 0 Å². The SMILES string of the molecule is CCC1(C(=O)O)CCCN1S(=O)(=O)c1ccc(Br)cc1Br. The van der Waals surface area contributed by atoms with E-state index in [1.807, 2.05) is 0 Å². The van der Waals surface area contributed by atoms with Crippen molar-refractivity contribution < 1.29 is 18.3 Å². The molecule has 21 heavy (non-hydrogen) atoms. The lowest BCUT2D eigenvalue weighted by Gasteiger charge is -2.33. The van der Waals surface area contributed by atoms with Crippen LogP contribution >= 0.6 is 31.9 Å². The molecular formula is C13H15Br2NO4S. The Hall–Kier alpha value is -0.440. The third-order valence-corrected chi connectivity index (χ3v) is 7.31. The quantitative estimate of drug-likeness (QED) is 0.779. The van der Waals surface area contributed by atoms with E-state index in [1.165, 1.54) is 6.07 Å². The second-order valence-electron chi connectivity index (χ2n) is 4.95. The summed E-state index contributed by atoms with van der Waals surface area (Å²) < 4.78 is 28.0. The van der Waals surface area contributed by atoms with Crippen LogP contribution in [0.1, 0.15) is 26.2 Å². The number of carboxylic acid groups (broad SMARTS) is 1. The summed E-state index contributed by atoms with van der Waals surface area (Å²) in [6, 6.07) is 4.74. The Morgan fingerprint density at radius 1 is 1.43 bits per heavy atom. The van der Waals surface area contributed by atoms with Crippen molar-refractivity contribution in [1.29, 1.82) is 0 Å². The van der Waals surface area contributed by atoms with Gasteiger partial charge in [-0.15, -0.1) is 0 Å². The number of nitrogens with zero attached hydrogens (tertiary/aromatic N) is 1. The van der Waals surface area contributed by atoms with Crippen LogP contribution in [-0.2, 0) is 14.8 Å². The van der Waals surface area contributed by atoms with Crippen molar-refractivity contribution in [2.75, 3.05) is 6.54 Å². The minimum atomic E-state index is -3.87. The molecule has 0 radical (unpaired) electrons. The summed E-state index contributed by atoms with van der Waals surface area (Å²) >= 11 is 6.52. The van der Waals surface area contributed by atoms with Gasteiger partial charge in [0.15, 0.2) is 0 Å². The maximum absolute atomic E-state index is 12.9. The molecule has 116 valence electrons. The van der Waals surface area contributed by atoms with Gasteiger partial charge in [-0.2, -0.15) is 4.31 Å². The normalized spacial score (nSPS) is 23.4. The average Bonchev–Trinajstić information content (AvgIpc) is 2.84. The van der Waals surface area contributed by atoms with Gasteiger partial charge in [0.1, 0.15) is 5.54 Å². The van der Waals surface area contributed by atoms with E-state index in [-0.39, 0.29) is 17.9 Å².